The number of ether oxygens (including phenoxy) is 3. The Hall–Kier alpha value is -0.930. The number of methoxy groups -OCH3 is 1. The molecule has 1 aliphatic heterocycles. The molecule has 0 N–H and O–H groups in total. The van der Waals surface area contributed by atoms with Crippen LogP contribution in [0.25, 0.3) is 0 Å². The lowest BCUT2D eigenvalue weighted by Gasteiger charge is -2.23. The first kappa shape index (κ1) is 13.5. The molecular formula is C14H19ClO3. The van der Waals surface area contributed by atoms with Gasteiger partial charge >= 0.3 is 0 Å². The van der Waals surface area contributed by atoms with Crippen molar-refractivity contribution in [3.05, 3.63) is 23.8 Å². The molecule has 1 unspecified atom stereocenters. The fraction of sp³-hybridized carbons (Fsp3) is 0.571. The number of benzene rings is 1. The van der Waals surface area contributed by atoms with Gasteiger partial charge in [0.15, 0.2) is 11.5 Å². The molecule has 0 spiro atoms. The van der Waals surface area contributed by atoms with Crippen LogP contribution in [-0.4, -0.2) is 26.4 Å². The summed E-state index contributed by atoms with van der Waals surface area (Å²) >= 11 is 5.82. The third-order valence-corrected chi connectivity index (χ3v) is 3.39. The van der Waals surface area contributed by atoms with E-state index >= 15 is 0 Å². The van der Waals surface area contributed by atoms with Crippen LogP contribution in [0.4, 0.5) is 0 Å². The summed E-state index contributed by atoms with van der Waals surface area (Å²) in [7, 11) is 1.64. The maximum atomic E-state index is 5.82. The van der Waals surface area contributed by atoms with E-state index in [0.717, 1.165) is 36.5 Å². The molecular weight excluding hydrogens is 252 g/mol. The minimum atomic E-state index is 0.197. The average molecular weight is 271 g/mol. The Morgan fingerprint density at radius 2 is 2.22 bits per heavy atom. The highest BCUT2D eigenvalue weighted by Crippen LogP contribution is 2.29. The van der Waals surface area contributed by atoms with Crippen molar-refractivity contribution >= 4 is 11.6 Å². The van der Waals surface area contributed by atoms with Gasteiger partial charge in [-0.05, 0) is 37.0 Å². The first-order chi connectivity index (χ1) is 8.83. The summed E-state index contributed by atoms with van der Waals surface area (Å²) in [5.41, 5.74) is 1.03. The van der Waals surface area contributed by atoms with E-state index in [1.807, 2.05) is 18.2 Å². The summed E-state index contributed by atoms with van der Waals surface area (Å²) in [5.74, 6) is 1.95. The number of hydrogen-bond acceptors (Lipinski definition) is 3. The third-order valence-electron chi connectivity index (χ3n) is 3.08. The fourth-order valence-corrected chi connectivity index (χ4v) is 2.20. The summed E-state index contributed by atoms with van der Waals surface area (Å²) in [4.78, 5) is 0. The minimum Gasteiger partial charge on any atom is -0.493 e. The van der Waals surface area contributed by atoms with E-state index < -0.39 is 0 Å². The predicted molar refractivity (Wildman–Crippen MR) is 71.6 cm³/mol. The van der Waals surface area contributed by atoms with Crippen LogP contribution in [0.1, 0.15) is 24.8 Å². The molecule has 1 fully saturated rings. The molecule has 4 heteroatoms. The van der Waals surface area contributed by atoms with Crippen LogP contribution >= 0.6 is 11.6 Å². The maximum Gasteiger partial charge on any atom is 0.161 e. The molecule has 100 valence electrons. The normalized spacial score (nSPS) is 19.6. The van der Waals surface area contributed by atoms with Gasteiger partial charge in [-0.15, -0.1) is 11.6 Å². The highest BCUT2D eigenvalue weighted by Gasteiger charge is 2.15. The first-order valence-electron chi connectivity index (χ1n) is 6.30. The van der Waals surface area contributed by atoms with Gasteiger partial charge < -0.3 is 14.2 Å². The van der Waals surface area contributed by atoms with Gasteiger partial charge in [0.05, 0.1) is 13.2 Å². The zero-order valence-electron chi connectivity index (χ0n) is 10.7. The summed E-state index contributed by atoms with van der Waals surface area (Å²) in [6.45, 7) is 1.41. The molecule has 0 amide bonds. The van der Waals surface area contributed by atoms with Gasteiger partial charge in [-0.25, -0.2) is 0 Å². The van der Waals surface area contributed by atoms with Crippen molar-refractivity contribution in [2.24, 2.45) is 0 Å². The second kappa shape index (κ2) is 6.86. The molecule has 0 aliphatic carbocycles. The number of alkyl halides is 1. The number of halogens is 1. The molecule has 1 aliphatic rings. The Balaban J connectivity index is 1.97. The predicted octanol–water partition coefficient (Wildman–Crippen LogP) is 3.38. The summed E-state index contributed by atoms with van der Waals surface area (Å²) in [6.07, 6.45) is 3.63. The molecule has 0 bridgehead atoms. The molecule has 18 heavy (non-hydrogen) atoms. The van der Waals surface area contributed by atoms with Gasteiger partial charge in [0.1, 0.15) is 6.61 Å². The van der Waals surface area contributed by atoms with Crippen LogP contribution in [-0.2, 0) is 10.6 Å². The average Bonchev–Trinajstić information content (AvgIpc) is 2.45. The Morgan fingerprint density at radius 1 is 1.33 bits per heavy atom. The highest BCUT2D eigenvalue weighted by atomic mass is 35.5. The quantitative estimate of drug-likeness (QED) is 0.768. The number of rotatable bonds is 5. The van der Waals surface area contributed by atoms with Crippen LogP contribution in [0.5, 0.6) is 11.5 Å². The Kier molecular flexibility index (Phi) is 5.14. The summed E-state index contributed by atoms with van der Waals surface area (Å²) in [6, 6.07) is 5.75. The third kappa shape index (κ3) is 3.53. The summed E-state index contributed by atoms with van der Waals surface area (Å²) < 4.78 is 16.7. The van der Waals surface area contributed by atoms with Crippen molar-refractivity contribution in [2.45, 2.75) is 31.2 Å². The molecule has 1 heterocycles. The molecule has 1 atom stereocenters. The van der Waals surface area contributed by atoms with E-state index in [0.29, 0.717) is 12.5 Å². The van der Waals surface area contributed by atoms with E-state index in [4.69, 9.17) is 25.8 Å². The highest BCUT2D eigenvalue weighted by molar-refractivity contribution is 6.17. The Labute approximate surface area is 113 Å². The van der Waals surface area contributed by atoms with E-state index in [2.05, 4.69) is 0 Å². The molecule has 0 radical (unpaired) electrons. The van der Waals surface area contributed by atoms with Gasteiger partial charge in [-0.3, -0.25) is 0 Å². The van der Waals surface area contributed by atoms with Crippen LogP contribution in [0.3, 0.4) is 0 Å². The Bertz CT molecular complexity index is 375. The van der Waals surface area contributed by atoms with Crippen molar-refractivity contribution in [1.29, 1.82) is 0 Å². The minimum absolute atomic E-state index is 0.197. The van der Waals surface area contributed by atoms with Crippen molar-refractivity contribution in [3.8, 4) is 11.5 Å². The van der Waals surface area contributed by atoms with Crippen molar-refractivity contribution in [2.75, 3.05) is 20.3 Å². The fourth-order valence-electron chi connectivity index (χ4n) is 2.04. The van der Waals surface area contributed by atoms with Gasteiger partial charge in [0, 0.05) is 12.5 Å². The zero-order chi connectivity index (χ0) is 12.8. The lowest BCUT2D eigenvalue weighted by Crippen LogP contribution is -2.25. The van der Waals surface area contributed by atoms with E-state index in [1.165, 1.54) is 6.42 Å². The van der Waals surface area contributed by atoms with Gasteiger partial charge in [-0.2, -0.15) is 0 Å². The molecule has 0 aromatic heterocycles. The van der Waals surface area contributed by atoms with Gasteiger partial charge in [0.2, 0.25) is 0 Å². The van der Waals surface area contributed by atoms with Crippen LogP contribution in [0, 0.1) is 0 Å². The van der Waals surface area contributed by atoms with Gasteiger partial charge in [-0.1, -0.05) is 6.07 Å². The van der Waals surface area contributed by atoms with E-state index in [1.54, 1.807) is 7.11 Å². The van der Waals surface area contributed by atoms with Gasteiger partial charge in [0.25, 0.3) is 0 Å². The van der Waals surface area contributed by atoms with E-state index in [9.17, 15) is 0 Å². The molecule has 1 saturated heterocycles. The Morgan fingerprint density at radius 3 is 2.89 bits per heavy atom. The smallest absolute Gasteiger partial charge is 0.161 e. The second-order valence-corrected chi connectivity index (χ2v) is 4.69. The molecule has 1 aromatic rings. The standard InChI is InChI=1S/C14H19ClO3/c1-16-13-6-5-11(9-15)8-14(13)18-10-12-4-2-3-7-17-12/h5-6,8,12H,2-4,7,9-10H2,1H3. The zero-order valence-corrected chi connectivity index (χ0v) is 11.4. The summed E-state index contributed by atoms with van der Waals surface area (Å²) in [5, 5.41) is 0. The lowest BCUT2D eigenvalue weighted by atomic mass is 10.1. The molecule has 0 saturated carbocycles. The molecule has 2 rings (SSSR count). The number of hydrogen-bond donors (Lipinski definition) is 0. The van der Waals surface area contributed by atoms with Crippen LogP contribution in [0.2, 0.25) is 0 Å². The molecule has 1 aromatic carbocycles. The maximum absolute atomic E-state index is 5.82. The van der Waals surface area contributed by atoms with Crippen molar-refractivity contribution in [3.63, 3.8) is 0 Å². The largest absolute Gasteiger partial charge is 0.493 e. The van der Waals surface area contributed by atoms with Crippen LogP contribution < -0.4 is 9.47 Å². The molecule has 3 nitrogen and oxygen atoms in total. The topological polar surface area (TPSA) is 27.7 Å². The second-order valence-electron chi connectivity index (χ2n) is 4.42. The van der Waals surface area contributed by atoms with Crippen molar-refractivity contribution in [1.82, 2.24) is 0 Å². The SMILES string of the molecule is COc1ccc(CCl)cc1OCC1CCCCO1. The monoisotopic (exact) mass is 270 g/mol. The van der Waals surface area contributed by atoms with Crippen molar-refractivity contribution < 1.29 is 14.2 Å². The van der Waals surface area contributed by atoms with Crippen LogP contribution in [0.15, 0.2) is 18.2 Å². The lowest BCUT2D eigenvalue weighted by molar-refractivity contribution is -0.0114. The first-order valence-corrected chi connectivity index (χ1v) is 6.84. The van der Waals surface area contributed by atoms with E-state index in [-0.39, 0.29) is 6.10 Å².